The molecular formula is C10H9ClFN3O2S. The van der Waals surface area contributed by atoms with Crippen LogP contribution in [0.15, 0.2) is 29.3 Å². The summed E-state index contributed by atoms with van der Waals surface area (Å²) in [7, 11) is -3.82. The second-order valence-corrected chi connectivity index (χ2v) is 5.70. The lowest BCUT2D eigenvalue weighted by Gasteiger charge is -2.07. The first-order valence-electron chi connectivity index (χ1n) is 4.88. The fourth-order valence-electron chi connectivity index (χ4n) is 1.29. The van der Waals surface area contributed by atoms with E-state index >= 15 is 0 Å². The average molecular weight is 290 g/mol. The number of benzene rings is 1. The summed E-state index contributed by atoms with van der Waals surface area (Å²) in [6.45, 7) is 1.69. The summed E-state index contributed by atoms with van der Waals surface area (Å²) in [4.78, 5) is -0.122. The number of H-pyrrole nitrogens is 1. The van der Waals surface area contributed by atoms with Crippen LogP contribution in [0.5, 0.6) is 0 Å². The van der Waals surface area contributed by atoms with E-state index in [1.165, 1.54) is 6.20 Å². The average Bonchev–Trinajstić information content (AvgIpc) is 2.67. The molecule has 0 atom stereocenters. The SMILES string of the molecule is Cc1cn[nH]c1NS(=O)(=O)c1ccc(F)c(Cl)c1. The first kappa shape index (κ1) is 12.8. The molecule has 18 heavy (non-hydrogen) atoms. The van der Waals surface area contributed by atoms with Crippen LogP contribution < -0.4 is 4.72 Å². The highest BCUT2D eigenvalue weighted by molar-refractivity contribution is 7.92. The molecule has 0 amide bonds. The minimum absolute atomic E-state index is 0.122. The zero-order valence-electron chi connectivity index (χ0n) is 9.24. The third kappa shape index (κ3) is 2.46. The second-order valence-electron chi connectivity index (χ2n) is 3.61. The number of anilines is 1. The maximum absolute atomic E-state index is 13.0. The Balaban J connectivity index is 2.37. The third-order valence-electron chi connectivity index (χ3n) is 2.27. The maximum Gasteiger partial charge on any atom is 0.263 e. The Kier molecular flexibility index (Phi) is 3.27. The number of nitrogens with one attached hydrogen (secondary N) is 2. The molecule has 0 bridgehead atoms. The Morgan fingerprint density at radius 2 is 2.17 bits per heavy atom. The van der Waals surface area contributed by atoms with Gasteiger partial charge in [-0.05, 0) is 25.1 Å². The van der Waals surface area contributed by atoms with Gasteiger partial charge in [-0.1, -0.05) is 11.6 Å². The molecule has 96 valence electrons. The van der Waals surface area contributed by atoms with E-state index in [4.69, 9.17) is 11.6 Å². The largest absolute Gasteiger partial charge is 0.264 e. The number of halogens is 2. The lowest BCUT2D eigenvalue weighted by molar-refractivity contribution is 0.599. The summed E-state index contributed by atoms with van der Waals surface area (Å²) in [5.74, 6) is -0.413. The van der Waals surface area contributed by atoms with Crippen LogP contribution in [0.4, 0.5) is 10.2 Å². The van der Waals surface area contributed by atoms with Gasteiger partial charge in [0.05, 0.1) is 16.1 Å². The van der Waals surface area contributed by atoms with Crippen LogP contribution in [0.2, 0.25) is 5.02 Å². The normalized spacial score (nSPS) is 11.5. The van der Waals surface area contributed by atoms with Crippen molar-refractivity contribution < 1.29 is 12.8 Å². The molecule has 2 aromatic rings. The summed E-state index contributed by atoms with van der Waals surface area (Å²) in [5.41, 5.74) is 0.645. The van der Waals surface area contributed by atoms with Gasteiger partial charge in [0.25, 0.3) is 10.0 Å². The van der Waals surface area contributed by atoms with Crippen LogP contribution in [0.3, 0.4) is 0 Å². The van der Waals surface area contributed by atoms with E-state index in [2.05, 4.69) is 14.9 Å². The van der Waals surface area contributed by atoms with E-state index in [0.717, 1.165) is 18.2 Å². The number of aryl methyl sites for hydroxylation is 1. The highest BCUT2D eigenvalue weighted by atomic mass is 35.5. The molecule has 5 nitrogen and oxygen atoms in total. The number of hydrogen-bond acceptors (Lipinski definition) is 3. The van der Waals surface area contributed by atoms with Crippen LogP contribution in [0.25, 0.3) is 0 Å². The molecule has 0 aliphatic carbocycles. The molecule has 0 saturated heterocycles. The van der Waals surface area contributed by atoms with Gasteiger partial charge in [-0.25, -0.2) is 12.8 Å². The molecular weight excluding hydrogens is 281 g/mol. The van der Waals surface area contributed by atoms with E-state index in [0.29, 0.717) is 5.56 Å². The standard InChI is InChI=1S/C10H9ClFN3O2S/c1-6-5-13-14-10(6)15-18(16,17)7-2-3-9(12)8(11)4-7/h2-5H,1H3,(H2,13,14,15). The van der Waals surface area contributed by atoms with Crippen LogP contribution >= 0.6 is 11.6 Å². The highest BCUT2D eigenvalue weighted by Gasteiger charge is 2.17. The van der Waals surface area contributed by atoms with Gasteiger partial charge < -0.3 is 0 Å². The number of rotatable bonds is 3. The van der Waals surface area contributed by atoms with E-state index < -0.39 is 15.8 Å². The molecule has 0 radical (unpaired) electrons. The molecule has 0 aliphatic rings. The number of aromatic amines is 1. The smallest absolute Gasteiger partial charge is 0.263 e. The molecule has 1 heterocycles. The zero-order valence-corrected chi connectivity index (χ0v) is 10.8. The van der Waals surface area contributed by atoms with Crippen molar-refractivity contribution in [2.45, 2.75) is 11.8 Å². The molecule has 0 fully saturated rings. The summed E-state index contributed by atoms with van der Waals surface area (Å²) in [6, 6.07) is 3.18. The molecule has 0 aliphatic heterocycles. The minimum atomic E-state index is -3.82. The summed E-state index contributed by atoms with van der Waals surface area (Å²) in [5, 5.41) is 5.95. The van der Waals surface area contributed by atoms with Gasteiger partial charge in [0.1, 0.15) is 11.6 Å². The number of aromatic nitrogens is 2. The van der Waals surface area contributed by atoms with E-state index in [-0.39, 0.29) is 15.7 Å². The summed E-state index contributed by atoms with van der Waals surface area (Å²) < 4.78 is 39.2. The van der Waals surface area contributed by atoms with Gasteiger partial charge in [-0.15, -0.1) is 0 Å². The van der Waals surface area contributed by atoms with Crippen LogP contribution in [-0.4, -0.2) is 18.6 Å². The highest BCUT2D eigenvalue weighted by Crippen LogP contribution is 2.21. The van der Waals surface area contributed by atoms with Crippen molar-refractivity contribution in [3.05, 3.63) is 40.8 Å². The van der Waals surface area contributed by atoms with Crippen molar-refractivity contribution in [1.82, 2.24) is 10.2 Å². The van der Waals surface area contributed by atoms with Crippen molar-refractivity contribution in [3.8, 4) is 0 Å². The quantitative estimate of drug-likeness (QED) is 0.910. The molecule has 1 aromatic heterocycles. The molecule has 0 saturated carbocycles. The van der Waals surface area contributed by atoms with Gasteiger partial charge in [-0.3, -0.25) is 9.82 Å². The van der Waals surface area contributed by atoms with E-state index in [1.54, 1.807) is 6.92 Å². The van der Waals surface area contributed by atoms with Crippen molar-refractivity contribution in [2.24, 2.45) is 0 Å². The summed E-state index contributed by atoms with van der Waals surface area (Å²) >= 11 is 5.55. The van der Waals surface area contributed by atoms with E-state index in [1.807, 2.05) is 0 Å². The molecule has 0 unspecified atom stereocenters. The molecule has 1 aromatic carbocycles. The van der Waals surface area contributed by atoms with Gasteiger partial charge in [0.15, 0.2) is 0 Å². The Morgan fingerprint density at radius 1 is 1.44 bits per heavy atom. The monoisotopic (exact) mass is 289 g/mol. The van der Waals surface area contributed by atoms with Crippen molar-refractivity contribution in [3.63, 3.8) is 0 Å². The number of hydrogen-bond donors (Lipinski definition) is 2. The first-order chi connectivity index (χ1) is 8.40. The second kappa shape index (κ2) is 4.58. The minimum Gasteiger partial charge on any atom is -0.264 e. The van der Waals surface area contributed by atoms with Crippen molar-refractivity contribution >= 4 is 27.4 Å². The van der Waals surface area contributed by atoms with Crippen LogP contribution in [0, 0.1) is 12.7 Å². The Morgan fingerprint density at radius 3 is 2.72 bits per heavy atom. The lowest BCUT2D eigenvalue weighted by Crippen LogP contribution is -2.14. The van der Waals surface area contributed by atoms with E-state index in [9.17, 15) is 12.8 Å². The maximum atomic E-state index is 13.0. The van der Waals surface area contributed by atoms with Crippen LogP contribution in [-0.2, 0) is 10.0 Å². The van der Waals surface area contributed by atoms with Gasteiger partial charge in [0, 0.05) is 5.56 Å². The predicted molar refractivity (Wildman–Crippen MR) is 65.5 cm³/mol. The number of nitrogens with zero attached hydrogens (tertiary/aromatic N) is 1. The predicted octanol–water partition coefficient (Wildman–Crippen LogP) is 2.31. The fourth-order valence-corrected chi connectivity index (χ4v) is 2.65. The number of sulfonamides is 1. The molecule has 8 heteroatoms. The van der Waals surface area contributed by atoms with Gasteiger partial charge in [-0.2, -0.15) is 5.10 Å². The fraction of sp³-hybridized carbons (Fsp3) is 0.100. The van der Waals surface area contributed by atoms with Crippen molar-refractivity contribution in [2.75, 3.05) is 4.72 Å². The van der Waals surface area contributed by atoms with Gasteiger partial charge >= 0.3 is 0 Å². The van der Waals surface area contributed by atoms with Crippen molar-refractivity contribution in [1.29, 1.82) is 0 Å². The Hall–Kier alpha value is -1.60. The molecule has 2 N–H and O–H groups in total. The summed E-state index contributed by atoms with van der Waals surface area (Å²) in [6.07, 6.45) is 1.48. The first-order valence-corrected chi connectivity index (χ1v) is 6.74. The molecule has 2 rings (SSSR count). The zero-order chi connectivity index (χ0) is 13.3. The van der Waals surface area contributed by atoms with Crippen LogP contribution in [0.1, 0.15) is 5.56 Å². The Labute approximate surface area is 108 Å². The molecule has 0 spiro atoms. The third-order valence-corrected chi connectivity index (χ3v) is 3.90. The lowest BCUT2D eigenvalue weighted by atomic mass is 10.3. The van der Waals surface area contributed by atoms with Gasteiger partial charge in [0.2, 0.25) is 0 Å². The topological polar surface area (TPSA) is 74.8 Å². The Bertz CT molecular complexity index is 684.